The van der Waals surface area contributed by atoms with Crippen molar-refractivity contribution in [1.82, 2.24) is 9.62 Å². The summed E-state index contributed by atoms with van der Waals surface area (Å²) in [6.45, 7) is 7.11. The predicted molar refractivity (Wildman–Crippen MR) is 132 cm³/mol. The second kappa shape index (κ2) is 10.6. The van der Waals surface area contributed by atoms with Crippen LogP contribution in [0.25, 0.3) is 0 Å². The zero-order valence-corrected chi connectivity index (χ0v) is 21.3. The van der Waals surface area contributed by atoms with Gasteiger partial charge in [-0.25, -0.2) is 8.42 Å². The van der Waals surface area contributed by atoms with Gasteiger partial charge in [0.2, 0.25) is 21.8 Å². The number of hydrogen-bond acceptors (Lipinski definition) is 4. The molecule has 3 rings (SSSR count). The number of rotatable bonds is 6. The van der Waals surface area contributed by atoms with Gasteiger partial charge in [-0.2, -0.15) is 4.31 Å². The van der Waals surface area contributed by atoms with Gasteiger partial charge in [-0.1, -0.05) is 45.1 Å². The van der Waals surface area contributed by atoms with Crippen molar-refractivity contribution in [3.8, 4) is 0 Å². The van der Waals surface area contributed by atoms with Crippen LogP contribution in [0.1, 0.15) is 76.3 Å². The smallest absolute Gasteiger partial charge is 0.247 e. The molecule has 1 heterocycles. The summed E-state index contributed by atoms with van der Waals surface area (Å²) in [6.07, 6.45) is 7.99. The number of nitrogens with one attached hydrogen (secondary N) is 1. The minimum absolute atomic E-state index is 0.0375. The third-order valence-corrected chi connectivity index (χ3v) is 8.76. The molecule has 1 saturated heterocycles. The molecule has 8 heteroatoms. The molecule has 1 aromatic carbocycles. The van der Waals surface area contributed by atoms with Crippen molar-refractivity contribution in [3.05, 3.63) is 29.3 Å². The number of hydrogen-bond donors (Lipinski definition) is 1. The molecule has 184 valence electrons. The van der Waals surface area contributed by atoms with E-state index in [1.165, 1.54) is 28.5 Å². The lowest BCUT2D eigenvalue weighted by molar-refractivity contribution is -0.133. The Bertz CT molecular complexity index is 950. The molecule has 0 bridgehead atoms. The maximum Gasteiger partial charge on any atom is 0.247 e. The number of carbonyl (C=O) groups is 2. The first-order valence-corrected chi connectivity index (χ1v) is 13.9. The Balaban J connectivity index is 1.98. The second-order valence-corrected chi connectivity index (χ2v) is 12.0. The summed E-state index contributed by atoms with van der Waals surface area (Å²) in [6, 6.07) is 5.85. The molecule has 1 aliphatic carbocycles. The zero-order valence-electron chi connectivity index (χ0n) is 20.5. The van der Waals surface area contributed by atoms with Gasteiger partial charge >= 0.3 is 0 Å². The van der Waals surface area contributed by atoms with Gasteiger partial charge in [-0.3, -0.25) is 14.5 Å². The summed E-state index contributed by atoms with van der Waals surface area (Å²) in [7, 11) is -3.63. The normalized spacial score (nSPS) is 23.8. The quantitative estimate of drug-likeness (QED) is 0.677. The van der Waals surface area contributed by atoms with Crippen molar-refractivity contribution in [2.45, 2.75) is 90.6 Å². The van der Waals surface area contributed by atoms with E-state index in [0.717, 1.165) is 36.8 Å². The highest BCUT2D eigenvalue weighted by Crippen LogP contribution is 2.32. The van der Waals surface area contributed by atoms with Crippen LogP contribution < -0.4 is 10.2 Å². The molecular weight excluding hydrogens is 438 g/mol. The molecule has 2 fully saturated rings. The molecule has 1 aromatic rings. The van der Waals surface area contributed by atoms with Gasteiger partial charge in [0.1, 0.15) is 5.54 Å². The third-order valence-electron chi connectivity index (χ3n) is 6.79. The molecule has 0 aromatic heterocycles. The summed E-state index contributed by atoms with van der Waals surface area (Å²) < 4.78 is 27.0. The van der Waals surface area contributed by atoms with Crippen molar-refractivity contribution in [2.24, 2.45) is 0 Å². The number of aryl methyl sites for hydroxylation is 2. The van der Waals surface area contributed by atoms with E-state index in [1.54, 1.807) is 13.8 Å². The second-order valence-electron chi connectivity index (χ2n) is 9.95. The lowest BCUT2D eigenvalue weighted by Gasteiger charge is -2.47. The minimum Gasteiger partial charge on any atom is -0.351 e. The molecule has 1 aliphatic heterocycles. The molecular formula is C25H39N3O4S. The standard InChI is InChI=1S/C25H39N3O4S/c1-5-13-33(31,32)27-17-23(29)28(22-15-19(2)14-20(3)16-22)25(4,18-27)24(30)26-21-11-9-7-6-8-10-12-21/h14-16,21H,5-13,17-18H2,1-4H3,(H,26,30). The van der Waals surface area contributed by atoms with Gasteiger partial charge < -0.3 is 5.32 Å². The topological polar surface area (TPSA) is 86.8 Å². The van der Waals surface area contributed by atoms with E-state index < -0.39 is 15.6 Å². The average Bonchev–Trinajstić information content (AvgIpc) is 2.68. The van der Waals surface area contributed by atoms with Crippen LogP contribution in [0.5, 0.6) is 0 Å². The summed E-state index contributed by atoms with van der Waals surface area (Å²) in [5, 5.41) is 3.20. The van der Waals surface area contributed by atoms with E-state index in [9.17, 15) is 18.0 Å². The van der Waals surface area contributed by atoms with Gasteiger partial charge in [0, 0.05) is 18.3 Å². The van der Waals surface area contributed by atoms with Crippen LogP contribution in [-0.2, 0) is 19.6 Å². The molecule has 2 aliphatic rings. The Hall–Kier alpha value is -1.93. The first kappa shape index (κ1) is 25.7. The van der Waals surface area contributed by atoms with Crippen molar-refractivity contribution >= 4 is 27.5 Å². The van der Waals surface area contributed by atoms with Gasteiger partial charge in [0.15, 0.2) is 0 Å². The monoisotopic (exact) mass is 477 g/mol. The Morgan fingerprint density at radius 1 is 1.06 bits per heavy atom. The summed E-state index contributed by atoms with van der Waals surface area (Å²) in [4.78, 5) is 28.8. The summed E-state index contributed by atoms with van der Waals surface area (Å²) in [5.74, 6) is -0.692. The van der Waals surface area contributed by atoms with E-state index in [1.807, 2.05) is 32.0 Å². The lowest BCUT2D eigenvalue weighted by Crippen LogP contribution is -2.71. The van der Waals surface area contributed by atoms with E-state index >= 15 is 0 Å². The number of nitrogens with zero attached hydrogens (tertiary/aromatic N) is 2. The number of piperazine rings is 1. The van der Waals surface area contributed by atoms with Gasteiger partial charge in [0.25, 0.3) is 0 Å². The summed E-state index contributed by atoms with van der Waals surface area (Å²) >= 11 is 0. The van der Waals surface area contributed by atoms with Crippen LogP contribution in [-0.4, -0.2) is 55.0 Å². The number of sulfonamides is 1. The number of anilines is 1. The molecule has 0 radical (unpaired) electrons. The van der Waals surface area contributed by atoms with Crippen molar-refractivity contribution < 1.29 is 18.0 Å². The fourth-order valence-corrected chi connectivity index (χ4v) is 6.70. The van der Waals surface area contributed by atoms with Crippen LogP contribution >= 0.6 is 0 Å². The number of carbonyl (C=O) groups excluding carboxylic acids is 2. The molecule has 1 unspecified atom stereocenters. The van der Waals surface area contributed by atoms with Crippen molar-refractivity contribution in [2.75, 3.05) is 23.7 Å². The Morgan fingerprint density at radius 2 is 1.64 bits per heavy atom. The fraction of sp³-hybridized carbons (Fsp3) is 0.680. The Labute approximate surface area is 199 Å². The lowest BCUT2D eigenvalue weighted by atomic mass is 9.91. The largest absolute Gasteiger partial charge is 0.351 e. The molecule has 7 nitrogen and oxygen atoms in total. The maximum absolute atomic E-state index is 13.8. The van der Waals surface area contributed by atoms with Crippen molar-refractivity contribution in [3.63, 3.8) is 0 Å². The van der Waals surface area contributed by atoms with E-state index in [-0.39, 0.29) is 36.7 Å². The third kappa shape index (κ3) is 5.96. The molecule has 0 spiro atoms. The highest BCUT2D eigenvalue weighted by molar-refractivity contribution is 7.89. The van der Waals surface area contributed by atoms with Crippen LogP contribution in [0, 0.1) is 13.8 Å². The number of benzene rings is 1. The summed E-state index contributed by atoms with van der Waals surface area (Å²) in [5.41, 5.74) is 1.28. The fourth-order valence-electron chi connectivity index (χ4n) is 5.17. The molecule has 1 atom stereocenters. The predicted octanol–water partition coefficient (Wildman–Crippen LogP) is 3.68. The SMILES string of the molecule is CCCS(=O)(=O)N1CC(=O)N(c2cc(C)cc(C)c2)C(C)(C(=O)NC2CCCCCCC2)C1. The molecule has 1 saturated carbocycles. The average molecular weight is 478 g/mol. The van der Waals surface area contributed by atoms with Crippen LogP contribution in [0.3, 0.4) is 0 Å². The van der Waals surface area contributed by atoms with Crippen LogP contribution in [0.15, 0.2) is 18.2 Å². The zero-order chi connectivity index (χ0) is 24.2. The highest BCUT2D eigenvalue weighted by atomic mass is 32.2. The first-order valence-electron chi connectivity index (χ1n) is 12.3. The Morgan fingerprint density at radius 3 is 2.21 bits per heavy atom. The van der Waals surface area contributed by atoms with E-state index in [2.05, 4.69) is 5.32 Å². The molecule has 2 amide bonds. The molecule has 1 N–H and O–H groups in total. The van der Waals surface area contributed by atoms with Gasteiger partial charge in [-0.15, -0.1) is 0 Å². The van der Waals surface area contributed by atoms with Gasteiger partial charge in [0.05, 0.1) is 12.3 Å². The van der Waals surface area contributed by atoms with Crippen LogP contribution in [0.2, 0.25) is 0 Å². The first-order chi connectivity index (χ1) is 15.6. The molecule has 33 heavy (non-hydrogen) atoms. The van der Waals surface area contributed by atoms with E-state index in [0.29, 0.717) is 12.1 Å². The maximum atomic E-state index is 13.8. The van der Waals surface area contributed by atoms with Crippen LogP contribution in [0.4, 0.5) is 5.69 Å². The highest BCUT2D eigenvalue weighted by Gasteiger charge is 2.51. The van der Waals surface area contributed by atoms with E-state index in [4.69, 9.17) is 0 Å². The number of amides is 2. The van der Waals surface area contributed by atoms with Gasteiger partial charge in [-0.05, 0) is 63.3 Å². The minimum atomic E-state index is -3.63. The Kier molecular flexibility index (Phi) is 8.22. The van der Waals surface area contributed by atoms with Crippen molar-refractivity contribution in [1.29, 1.82) is 0 Å².